The standard InChI is InChI=1S/C21H25ClN2O/c22-20-9-5-4-8-19(20)16-24-14-11-18(12-15-24)21(25)23-13-10-17-6-2-1-3-7-17/h1-9,18H,10-16H2,(H,23,25)/p+1. The molecule has 0 spiro atoms. The van der Waals surface area contributed by atoms with Crippen LogP contribution in [-0.4, -0.2) is 25.5 Å². The van der Waals surface area contributed by atoms with E-state index >= 15 is 0 Å². The molecule has 132 valence electrons. The molecule has 2 aromatic rings. The predicted octanol–water partition coefficient (Wildman–Crippen LogP) is 2.49. The normalized spacial score (nSPS) is 20.2. The number of quaternary nitrogens is 1. The molecule has 0 radical (unpaired) electrons. The fourth-order valence-corrected chi connectivity index (χ4v) is 3.70. The number of hydrogen-bond acceptors (Lipinski definition) is 1. The summed E-state index contributed by atoms with van der Waals surface area (Å²) in [6.45, 7) is 3.72. The lowest BCUT2D eigenvalue weighted by Crippen LogP contribution is -3.11. The first-order valence-electron chi connectivity index (χ1n) is 9.11. The van der Waals surface area contributed by atoms with E-state index in [0.717, 1.165) is 50.5 Å². The summed E-state index contributed by atoms with van der Waals surface area (Å²) in [5.74, 6) is 0.374. The summed E-state index contributed by atoms with van der Waals surface area (Å²) in [4.78, 5) is 13.9. The lowest BCUT2D eigenvalue weighted by molar-refractivity contribution is -0.919. The molecule has 1 fully saturated rings. The highest BCUT2D eigenvalue weighted by atomic mass is 35.5. The summed E-state index contributed by atoms with van der Waals surface area (Å²) in [6, 6.07) is 18.3. The zero-order valence-electron chi connectivity index (χ0n) is 14.5. The summed E-state index contributed by atoms with van der Waals surface area (Å²) in [5.41, 5.74) is 2.46. The molecule has 1 amide bonds. The number of benzene rings is 2. The molecule has 4 heteroatoms. The number of carbonyl (C=O) groups excluding carboxylic acids is 1. The maximum Gasteiger partial charge on any atom is 0.223 e. The second-order valence-corrected chi connectivity index (χ2v) is 7.23. The first-order chi connectivity index (χ1) is 12.2. The van der Waals surface area contributed by atoms with Crippen molar-refractivity contribution in [3.63, 3.8) is 0 Å². The highest BCUT2D eigenvalue weighted by Crippen LogP contribution is 2.15. The van der Waals surface area contributed by atoms with Crippen LogP contribution >= 0.6 is 11.6 Å². The Bertz CT molecular complexity index is 681. The van der Waals surface area contributed by atoms with Crippen molar-refractivity contribution in [2.75, 3.05) is 19.6 Å². The monoisotopic (exact) mass is 357 g/mol. The van der Waals surface area contributed by atoms with E-state index in [4.69, 9.17) is 11.6 Å². The largest absolute Gasteiger partial charge is 0.356 e. The summed E-state index contributed by atoms with van der Waals surface area (Å²) < 4.78 is 0. The van der Waals surface area contributed by atoms with E-state index in [2.05, 4.69) is 23.5 Å². The molecule has 2 N–H and O–H groups in total. The van der Waals surface area contributed by atoms with Gasteiger partial charge in [0.05, 0.1) is 13.1 Å². The molecule has 0 saturated carbocycles. The molecule has 3 nitrogen and oxygen atoms in total. The van der Waals surface area contributed by atoms with Crippen LogP contribution in [0.4, 0.5) is 0 Å². The van der Waals surface area contributed by atoms with Gasteiger partial charge in [-0.2, -0.15) is 0 Å². The quantitative estimate of drug-likeness (QED) is 0.818. The molecular weight excluding hydrogens is 332 g/mol. The molecule has 2 aromatic carbocycles. The van der Waals surface area contributed by atoms with Crippen molar-refractivity contribution < 1.29 is 9.69 Å². The van der Waals surface area contributed by atoms with Gasteiger partial charge in [-0.15, -0.1) is 0 Å². The molecule has 0 aliphatic carbocycles. The number of nitrogens with one attached hydrogen (secondary N) is 2. The Labute approximate surface area is 155 Å². The Morgan fingerprint density at radius 3 is 2.44 bits per heavy atom. The molecule has 3 rings (SSSR count). The number of piperidine rings is 1. The molecular formula is C21H26ClN2O+. The molecule has 0 unspecified atom stereocenters. The van der Waals surface area contributed by atoms with Crippen LogP contribution in [0.15, 0.2) is 54.6 Å². The number of carbonyl (C=O) groups is 1. The minimum Gasteiger partial charge on any atom is -0.356 e. The zero-order valence-corrected chi connectivity index (χ0v) is 15.3. The van der Waals surface area contributed by atoms with Crippen molar-refractivity contribution in [2.45, 2.75) is 25.8 Å². The van der Waals surface area contributed by atoms with Gasteiger partial charge in [-0.3, -0.25) is 4.79 Å². The van der Waals surface area contributed by atoms with Crippen LogP contribution in [0, 0.1) is 5.92 Å². The van der Waals surface area contributed by atoms with Gasteiger partial charge in [0.25, 0.3) is 0 Å². The van der Waals surface area contributed by atoms with Gasteiger partial charge < -0.3 is 10.2 Å². The van der Waals surface area contributed by atoms with Crippen molar-refractivity contribution in [2.24, 2.45) is 5.92 Å². The van der Waals surface area contributed by atoms with Crippen molar-refractivity contribution in [3.05, 3.63) is 70.7 Å². The van der Waals surface area contributed by atoms with E-state index < -0.39 is 0 Å². The van der Waals surface area contributed by atoms with Gasteiger partial charge in [0, 0.05) is 35.9 Å². The fraction of sp³-hybridized carbons (Fsp3) is 0.381. The Kier molecular flexibility index (Phi) is 6.48. The Hall–Kier alpha value is -1.84. The summed E-state index contributed by atoms with van der Waals surface area (Å²) >= 11 is 6.25. The van der Waals surface area contributed by atoms with Crippen molar-refractivity contribution >= 4 is 17.5 Å². The van der Waals surface area contributed by atoms with Gasteiger partial charge in [0.15, 0.2) is 0 Å². The Morgan fingerprint density at radius 2 is 1.72 bits per heavy atom. The molecule has 1 aliphatic heterocycles. The van der Waals surface area contributed by atoms with E-state index in [1.54, 1.807) is 0 Å². The first kappa shape index (κ1) is 18.0. The van der Waals surface area contributed by atoms with Crippen LogP contribution in [0.25, 0.3) is 0 Å². The number of halogens is 1. The summed E-state index contributed by atoms with van der Waals surface area (Å²) in [6.07, 6.45) is 2.80. The molecule has 1 aliphatic rings. The van der Waals surface area contributed by atoms with Gasteiger partial charge in [0.2, 0.25) is 5.91 Å². The number of rotatable bonds is 6. The van der Waals surface area contributed by atoms with Crippen LogP contribution in [0.5, 0.6) is 0 Å². The molecule has 1 heterocycles. The predicted molar refractivity (Wildman–Crippen MR) is 102 cm³/mol. The first-order valence-corrected chi connectivity index (χ1v) is 9.49. The highest BCUT2D eigenvalue weighted by molar-refractivity contribution is 6.31. The molecule has 0 atom stereocenters. The SMILES string of the molecule is O=C(NCCc1ccccc1)C1CC[NH+](Cc2ccccc2Cl)CC1. The lowest BCUT2D eigenvalue weighted by Gasteiger charge is -2.29. The number of hydrogen-bond donors (Lipinski definition) is 2. The van der Waals surface area contributed by atoms with Gasteiger partial charge in [-0.25, -0.2) is 0 Å². The van der Waals surface area contributed by atoms with Crippen LogP contribution in [0.1, 0.15) is 24.0 Å². The third kappa shape index (κ3) is 5.32. The highest BCUT2D eigenvalue weighted by Gasteiger charge is 2.27. The Morgan fingerprint density at radius 1 is 1.04 bits per heavy atom. The second kappa shape index (κ2) is 9.02. The van der Waals surface area contributed by atoms with Crippen molar-refractivity contribution in [1.29, 1.82) is 0 Å². The van der Waals surface area contributed by atoms with E-state index in [1.807, 2.05) is 36.4 Å². The fourth-order valence-electron chi connectivity index (χ4n) is 3.50. The van der Waals surface area contributed by atoms with E-state index in [1.165, 1.54) is 16.0 Å². The van der Waals surface area contributed by atoms with E-state index in [-0.39, 0.29) is 11.8 Å². The van der Waals surface area contributed by atoms with E-state index in [9.17, 15) is 4.79 Å². The molecule has 0 aromatic heterocycles. The topological polar surface area (TPSA) is 33.5 Å². The van der Waals surface area contributed by atoms with Crippen LogP contribution in [-0.2, 0) is 17.8 Å². The summed E-state index contributed by atoms with van der Waals surface area (Å²) in [5, 5.41) is 3.95. The minimum atomic E-state index is 0.158. The van der Waals surface area contributed by atoms with Crippen molar-refractivity contribution in [3.8, 4) is 0 Å². The van der Waals surface area contributed by atoms with Crippen molar-refractivity contribution in [1.82, 2.24) is 5.32 Å². The third-order valence-corrected chi connectivity index (χ3v) is 5.39. The van der Waals surface area contributed by atoms with E-state index in [0.29, 0.717) is 0 Å². The Balaban J connectivity index is 1.39. The lowest BCUT2D eigenvalue weighted by atomic mass is 9.95. The minimum absolute atomic E-state index is 0.158. The van der Waals surface area contributed by atoms with Crippen LogP contribution in [0.3, 0.4) is 0 Å². The maximum atomic E-state index is 12.4. The van der Waals surface area contributed by atoms with Gasteiger partial charge in [-0.1, -0.05) is 60.1 Å². The smallest absolute Gasteiger partial charge is 0.223 e. The van der Waals surface area contributed by atoms with Crippen LogP contribution < -0.4 is 10.2 Å². The molecule has 25 heavy (non-hydrogen) atoms. The average Bonchev–Trinajstić information content (AvgIpc) is 2.65. The second-order valence-electron chi connectivity index (χ2n) is 6.82. The van der Waals surface area contributed by atoms with Gasteiger partial charge >= 0.3 is 0 Å². The van der Waals surface area contributed by atoms with Crippen LogP contribution in [0.2, 0.25) is 5.02 Å². The third-order valence-electron chi connectivity index (χ3n) is 5.02. The zero-order chi connectivity index (χ0) is 17.5. The maximum absolute atomic E-state index is 12.4. The molecule has 0 bridgehead atoms. The number of likely N-dealkylation sites (tertiary alicyclic amines) is 1. The molecule has 1 saturated heterocycles. The van der Waals surface area contributed by atoms with Gasteiger partial charge in [0.1, 0.15) is 6.54 Å². The average molecular weight is 358 g/mol. The van der Waals surface area contributed by atoms with Gasteiger partial charge in [-0.05, 0) is 18.1 Å². The number of amides is 1. The summed E-state index contributed by atoms with van der Waals surface area (Å²) in [7, 11) is 0.